The molecule has 0 spiro atoms. The van der Waals surface area contributed by atoms with Crippen LogP contribution in [0.2, 0.25) is 0 Å². The summed E-state index contributed by atoms with van der Waals surface area (Å²) in [6, 6.07) is 13.1. The van der Waals surface area contributed by atoms with E-state index in [0.717, 1.165) is 5.56 Å². The van der Waals surface area contributed by atoms with Crippen LogP contribution < -0.4 is 14.8 Å². The topological polar surface area (TPSA) is 50.8 Å². The van der Waals surface area contributed by atoms with Crippen LogP contribution in [-0.2, 0) is 11.3 Å². The molecule has 0 radical (unpaired) electrons. The highest BCUT2D eigenvalue weighted by molar-refractivity contribution is 5.95. The Hall–Kier alpha value is -2.67. The van der Waals surface area contributed by atoms with E-state index in [4.69, 9.17) is 4.74 Å². The minimum Gasteiger partial charge on any atom is -0.495 e. The maximum atomic E-state index is 12.5. The van der Waals surface area contributed by atoms with Crippen molar-refractivity contribution >= 4 is 11.6 Å². The fourth-order valence-corrected chi connectivity index (χ4v) is 2.39. The van der Waals surface area contributed by atoms with Crippen LogP contribution in [0.5, 0.6) is 11.5 Å². The number of carbonyl (C=O) groups excluding carboxylic acids is 1. The van der Waals surface area contributed by atoms with Crippen molar-refractivity contribution in [2.45, 2.75) is 26.1 Å². The number of ether oxygens (including phenoxy) is 2. The van der Waals surface area contributed by atoms with Gasteiger partial charge in [0.2, 0.25) is 5.91 Å². The van der Waals surface area contributed by atoms with Crippen molar-refractivity contribution in [2.75, 3.05) is 19.5 Å². The maximum absolute atomic E-state index is 12.5. The van der Waals surface area contributed by atoms with Crippen molar-refractivity contribution in [3.05, 3.63) is 54.1 Å². The van der Waals surface area contributed by atoms with Gasteiger partial charge >= 0.3 is 6.61 Å². The summed E-state index contributed by atoms with van der Waals surface area (Å²) in [4.78, 5) is 14.3. The molecule has 0 aromatic heterocycles. The molecule has 0 saturated heterocycles. The summed E-state index contributed by atoms with van der Waals surface area (Å²) in [5, 5.41) is 2.85. The van der Waals surface area contributed by atoms with Gasteiger partial charge in [-0.3, -0.25) is 9.69 Å². The lowest BCUT2D eigenvalue weighted by Gasteiger charge is -2.24. The average molecular weight is 364 g/mol. The molecule has 1 unspecified atom stereocenters. The molecule has 0 aliphatic carbocycles. The number of hydrogen-bond acceptors (Lipinski definition) is 4. The number of amides is 1. The number of nitrogens with zero attached hydrogens (tertiary/aromatic N) is 1. The number of likely N-dealkylation sites (N-methyl/N-ethyl adjacent to an activating group) is 1. The van der Waals surface area contributed by atoms with Crippen LogP contribution >= 0.6 is 0 Å². The molecular weight excluding hydrogens is 342 g/mol. The first kappa shape index (κ1) is 19.7. The van der Waals surface area contributed by atoms with Crippen LogP contribution in [0.15, 0.2) is 48.5 Å². The predicted octanol–water partition coefficient (Wildman–Crippen LogP) is 3.76. The van der Waals surface area contributed by atoms with Gasteiger partial charge in [-0.25, -0.2) is 0 Å². The Morgan fingerprint density at radius 2 is 1.81 bits per heavy atom. The van der Waals surface area contributed by atoms with Crippen molar-refractivity contribution in [1.29, 1.82) is 0 Å². The van der Waals surface area contributed by atoms with Gasteiger partial charge in [-0.2, -0.15) is 8.78 Å². The molecule has 2 aromatic rings. The summed E-state index contributed by atoms with van der Waals surface area (Å²) < 4.78 is 33.9. The van der Waals surface area contributed by atoms with Crippen LogP contribution in [0.25, 0.3) is 0 Å². The molecule has 1 atom stereocenters. The fraction of sp³-hybridized carbons (Fsp3) is 0.316. The summed E-state index contributed by atoms with van der Waals surface area (Å²) in [5.74, 6) is 0.522. The molecule has 1 N–H and O–H groups in total. The highest BCUT2D eigenvalue weighted by Gasteiger charge is 2.19. The van der Waals surface area contributed by atoms with Gasteiger partial charge in [0.05, 0.1) is 18.8 Å². The molecule has 2 aromatic carbocycles. The molecule has 26 heavy (non-hydrogen) atoms. The normalized spacial score (nSPS) is 12.1. The molecule has 0 aliphatic heterocycles. The van der Waals surface area contributed by atoms with Crippen LogP contribution in [-0.4, -0.2) is 37.6 Å². The van der Waals surface area contributed by atoms with Gasteiger partial charge in [0, 0.05) is 6.54 Å². The molecule has 1 amide bonds. The number of rotatable bonds is 8. The molecule has 2 rings (SSSR count). The lowest BCUT2D eigenvalue weighted by atomic mass is 10.1. The van der Waals surface area contributed by atoms with Crippen molar-refractivity contribution in [3.8, 4) is 11.5 Å². The number of benzene rings is 2. The lowest BCUT2D eigenvalue weighted by Crippen LogP contribution is -2.39. The summed E-state index contributed by atoms with van der Waals surface area (Å²) in [7, 11) is 3.36. The van der Waals surface area contributed by atoms with Gasteiger partial charge in [-0.05, 0) is 43.8 Å². The largest absolute Gasteiger partial charge is 0.495 e. The quantitative estimate of drug-likeness (QED) is 0.775. The maximum Gasteiger partial charge on any atom is 0.387 e. The zero-order chi connectivity index (χ0) is 19.1. The highest BCUT2D eigenvalue weighted by atomic mass is 19.3. The van der Waals surface area contributed by atoms with Gasteiger partial charge < -0.3 is 14.8 Å². The number of para-hydroxylation sites is 2. The third-order valence-corrected chi connectivity index (χ3v) is 3.99. The molecular formula is C19H22F2N2O3. The first-order valence-electron chi connectivity index (χ1n) is 8.08. The van der Waals surface area contributed by atoms with Crippen molar-refractivity contribution in [2.24, 2.45) is 0 Å². The first-order chi connectivity index (χ1) is 12.4. The van der Waals surface area contributed by atoms with Gasteiger partial charge in [0.25, 0.3) is 0 Å². The van der Waals surface area contributed by atoms with Gasteiger partial charge in [-0.15, -0.1) is 0 Å². The molecule has 0 bridgehead atoms. The van der Waals surface area contributed by atoms with E-state index in [-0.39, 0.29) is 11.7 Å². The third kappa shape index (κ3) is 5.42. The van der Waals surface area contributed by atoms with E-state index >= 15 is 0 Å². The van der Waals surface area contributed by atoms with Crippen LogP contribution in [0.3, 0.4) is 0 Å². The zero-order valence-electron chi connectivity index (χ0n) is 14.9. The Kier molecular flexibility index (Phi) is 6.91. The van der Waals surface area contributed by atoms with E-state index in [1.807, 2.05) is 24.1 Å². The van der Waals surface area contributed by atoms with E-state index in [1.54, 1.807) is 38.3 Å². The molecule has 5 nitrogen and oxygen atoms in total. The van der Waals surface area contributed by atoms with Crippen molar-refractivity contribution in [1.82, 2.24) is 4.90 Å². The number of halogens is 2. The Bertz CT molecular complexity index is 723. The number of anilines is 1. The smallest absolute Gasteiger partial charge is 0.387 e. The highest BCUT2D eigenvalue weighted by Crippen LogP contribution is 2.23. The second-order valence-electron chi connectivity index (χ2n) is 5.80. The molecule has 0 heterocycles. The minimum absolute atomic E-state index is 0.105. The summed E-state index contributed by atoms with van der Waals surface area (Å²) in [5.41, 5.74) is 1.49. The standard InChI is InChI=1S/C19H22F2N2O3/c1-13(18(24)22-16-6-4-5-7-17(16)25-3)23(2)12-14-8-10-15(11-9-14)26-19(20)21/h4-11,13,19H,12H2,1-3H3,(H,22,24). The number of carbonyl (C=O) groups is 1. The molecule has 0 saturated carbocycles. The van der Waals surface area contributed by atoms with E-state index in [0.29, 0.717) is 18.0 Å². The Balaban J connectivity index is 1.95. The first-order valence-corrected chi connectivity index (χ1v) is 8.08. The monoisotopic (exact) mass is 364 g/mol. The molecule has 0 fully saturated rings. The second-order valence-corrected chi connectivity index (χ2v) is 5.80. The van der Waals surface area contributed by atoms with E-state index in [2.05, 4.69) is 10.1 Å². The van der Waals surface area contributed by atoms with E-state index in [1.165, 1.54) is 12.1 Å². The summed E-state index contributed by atoms with van der Waals surface area (Å²) >= 11 is 0. The fourth-order valence-electron chi connectivity index (χ4n) is 2.39. The summed E-state index contributed by atoms with van der Waals surface area (Å²) in [6.07, 6.45) is 0. The summed E-state index contributed by atoms with van der Waals surface area (Å²) in [6.45, 7) is -0.573. The Morgan fingerprint density at radius 1 is 1.15 bits per heavy atom. The van der Waals surface area contributed by atoms with Crippen molar-refractivity contribution < 1.29 is 23.0 Å². The lowest BCUT2D eigenvalue weighted by molar-refractivity contribution is -0.120. The number of hydrogen-bond donors (Lipinski definition) is 1. The second kappa shape index (κ2) is 9.15. The van der Waals surface area contributed by atoms with E-state index < -0.39 is 12.7 Å². The van der Waals surface area contributed by atoms with Gasteiger partial charge in [0.15, 0.2) is 0 Å². The van der Waals surface area contributed by atoms with Gasteiger partial charge in [-0.1, -0.05) is 24.3 Å². The molecule has 0 aliphatic rings. The third-order valence-electron chi connectivity index (χ3n) is 3.99. The van der Waals surface area contributed by atoms with Crippen molar-refractivity contribution in [3.63, 3.8) is 0 Å². The van der Waals surface area contributed by atoms with Gasteiger partial charge in [0.1, 0.15) is 11.5 Å². The number of alkyl halides is 2. The predicted molar refractivity (Wildman–Crippen MR) is 95.6 cm³/mol. The zero-order valence-corrected chi connectivity index (χ0v) is 14.9. The van der Waals surface area contributed by atoms with E-state index in [9.17, 15) is 13.6 Å². The van der Waals surface area contributed by atoms with Crippen LogP contribution in [0.1, 0.15) is 12.5 Å². The Morgan fingerprint density at radius 3 is 2.42 bits per heavy atom. The SMILES string of the molecule is COc1ccccc1NC(=O)C(C)N(C)Cc1ccc(OC(F)F)cc1. The molecule has 140 valence electrons. The molecule has 7 heteroatoms. The number of methoxy groups -OCH3 is 1. The average Bonchev–Trinajstić information content (AvgIpc) is 2.62. The van der Waals surface area contributed by atoms with Crippen LogP contribution in [0.4, 0.5) is 14.5 Å². The number of nitrogens with one attached hydrogen (secondary N) is 1. The van der Waals surface area contributed by atoms with Crippen LogP contribution in [0, 0.1) is 0 Å². The minimum atomic E-state index is -2.85. The Labute approximate surface area is 151 Å².